The van der Waals surface area contributed by atoms with Crippen molar-refractivity contribution in [1.29, 1.82) is 0 Å². The summed E-state index contributed by atoms with van der Waals surface area (Å²) in [6.45, 7) is 4.15. The van der Waals surface area contributed by atoms with Gasteiger partial charge in [0.1, 0.15) is 0 Å². The lowest BCUT2D eigenvalue weighted by Crippen LogP contribution is -2.29. The van der Waals surface area contributed by atoms with Crippen molar-refractivity contribution in [1.82, 2.24) is 0 Å². The van der Waals surface area contributed by atoms with Crippen molar-refractivity contribution in [3.8, 4) is 11.8 Å². The third-order valence-corrected chi connectivity index (χ3v) is 4.84. The van der Waals surface area contributed by atoms with Gasteiger partial charge in [-0.05, 0) is 56.2 Å². The fraction of sp³-hybridized carbons (Fsp3) is 0.550. The fourth-order valence-corrected chi connectivity index (χ4v) is 3.35. The van der Waals surface area contributed by atoms with Crippen LogP contribution in [0.4, 0.5) is 0 Å². The predicted molar refractivity (Wildman–Crippen MR) is 92.4 cm³/mol. The number of carbonyl (C=O) groups excluding carboxylic acids is 1. The zero-order valence-electron chi connectivity index (χ0n) is 14.2. The van der Waals surface area contributed by atoms with Gasteiger partial charge in [0.2, 0.25) is 0 Å². The van der Waals surface area contributed by atoms with Crippen LogP contribution in [0.15, 0.2) is 24.3 Å². The summed E-state index contributed by atoms with van der Waals surface area (Å²) in [5.74, 6) is 11.7. The maximum Gasteiger partial charge on any atom is 0.330 e. The molecule has 1 aromatic carbocycles. The third-order valence-electron chi connectivity index (χ3n) is 4.84. The van der Waals surface area contributed by atoms with Gasteiger partial charge in [0.05, 0.1) is 5.41 Å². The van der Waals surface area contributed by atoms with E-state index in [1.165, 1.54) is 24.8 Å². The second-order valence-electron chi connectivity index (χ2n) is 6.79. The first kappa shape index (κ1) is 17.6. The van der Waals surface area contributed by atoms with Gasteiger partial charge in [-0.3, -0.25) is 0 Å². The van der Waals surface area contributed by atoms with Crippen molar-refractivity contribution < 1.29 is 9.63 Å². The zero-order chi connectivity index (χ0) is 16.7. The molecule has 1 fully saturated rings. The maximum atomic E-state index is 11.8. The van der Waals surface area contributed by atoms with Gasteiger partial charge in [-0.15, -0.1) is 0 Å². The van der Waals surface area contributed by atoms with Gasteiger partial charge in [-0.2, -0.15) is 5.90 Å². The Morgan fingerprint density at radius 3 is 3.00 bits per heavy atom. The molecule has 0 saturated heterocycles. The van der Waals surface area contributed by atoms with Crippen LogP contribution in [0.2, 0.25) is 0 Å². The highest BCUT2D eigenvalue weighted by Crippen LogP contribution is 2.47. The topological polar surface area (TPSA) is 52.3 Å². The van der Waals surface area contributed by atoms with E-state index in [1.807, 2.05) is 6.92 Å². The van der Waals surface area contributed by atoms with E-state index in [0.29, 0.717) is 5.92 Å². The Hall–Kier alpha value is -1.79. The van der Waals surface area contributed by atoms with Gasteiger partial charge in [-0.1, -0.05) is 43.7 Å². The van der Waals surface area contributed by atoms with Crippen molar-refractivity contribution in [2.75, 3.05) is 0 Å². The van der Waals surface area contributed by atoms with Crippen molar-refractivity contribution in [3.63, 3.8) is 0 Å². The van der Waals surface area contributed by atoms with Crippen LogP contribution in [0.1, 0.15) is 75.8 Å². The molecule has 0 radical (unpaired) electrons. The number of carbonyl (C=O) groups is 1. The van der Waals surface area contributed by atoms with Crippen molar-refractivity contribution >= 4 is 5.97 Å². The number of rotatable bonds is 5. The van der Waals surface area contributed by atoms with Gasteiger partial charge in [0.25, 0.3) is 0 Å². The molecule has 1 unspecified atom stereocenters. The van der Waals surface area contributed by atoms with E-state index >= 15 is 0 Å². The van der Waals surface area contributed by atoms with Gasteiger partial charge in [-0.25, -0.2) is 4.79 Å². The van der Waals surface area contributed by atoms with Crippen molar-refractivity contribution in [3.05, 3.63) is 35.4 Å². The predicted octanol–water partition coefficient (Wildman–Crippen LogP) is 4.31. The molecule has 23 heavy (non-hydrogen) atoms. The van der Waals surface area contributed by atoms with Crippen molar-refractivity contribution in [2.24, 2.45) is 11.3 Å². The number of unbranched alkanes of at least 4 members (excludes halogenated alkanes) is 3. The smallest absolute Gasteiger partial charge is 0.330 e. The molecule has 0 aliphatic heterocycles. The van der Waals surface area contributed by atoms with E-state index < -0.39 is 5.41 Å². The van der Waals surface area contributed by atoms with Crippen LogP contribution >= 0.6 is 0 Å². The van der Waals surface area contributed by atoms with Gasteiger partial charge in [0.15, 0.2) is 0 Å². The first-order valence-electron chi connectivity index (χ1n) is 8.59. The summed E-state index contributed by atoms with van der Waals surface area (Å²) >= 11 is 0. The van der Waals surface area contributed by atoms with Crippen LogP contribution in [-0.4, -0.2) is 5.97 Å². The Kier molecular flexibility index (Phi) is 6.24. The number of nitrogens with two attached hydrogens (primary N) is 1. The summed E-state index contributed by atoms with van der Waals surface area (Å²) in [7, 11) is 0. The Labute approximate surface area is 139 Å². The van der Waals surface area contributed by atoms with Crippen LogP contribution in [0.25, 0.3) is 0 Å². The van der Waals surface area contributed by atoms with Gasteiger partial charge in [0, 0.05) is 12.0 Å². The van der Waals surface area contributed by atoms with E-state index in [4.69, 9.17) is 5.90 Å². The van der Waals surface area contributed by atoms with E-state index in [2.05, 4.69) is 47.9 Å². The van der Waals surface area contributed by atoms with Crippen LogP contribution in [0, 0.1) is 17.3 Å². The molecule has 1 aliphatic carbocycles. The number of hydrogen-bond donors (Lipinski definition) is 1. The normalized spacial score (nSPS) is 23.2. The van der Waals surface area contributed by atoms with E-state index in [0.717, 1.165) is 31.2 Å². The molecule has 0 bridgehead atoms. The molecule has 1 saturated carbocycles. The maximum absolute atomic E-state index is 11.8. The minimum Gasteiger partial charge on any atom is -0.373 e. The highest BCUT2D eigenvalue weighted by atomic mass is 16.7. The van der Waals surface area contributed by atoms with E-state index in [-0.39, 0.29) is 5.97 Å². The standard InChI is InChI=1S/C20H27NO2/c1-3-4-5-6-7-9-16-10-8-11-17(14-16)18-12-13-20(2,15-18)19(22)23-21/h8,10-11,14,18H,3-6,12-13,15,21H2,1-2H3/t18-,20?/m0/s1. The quantitative estimate of drug-likeness (QED) is 0.500. The fourth-order valence-electron chi connectivity index (χ4n) is 3.35. The van der Waals surface area contributed by atoms with Gasteiger partial charge >= 0.3 is 5.97 Å². The SMILES string of the molecule is CCCCCC#Cc1cccc([C@H]2CCC(C)(C(=O)ON)C2)c1. The lowest BCUT2D eigenvalue weighted by Gasteiger charge is -2.20. The molecule has 2 rings (SSSR count). The number of benzene rings is 1. The lowest BCUT2D eigenvalue weighted by atomic mass is 9.86. The molecule has 2 N–H and O–H groups in total. The molecule has 0 aromatic heterocycles. The average molecular weight is 313 g/mol. The molecule has 124 valence electrons. The Bertz CT molecular complexity index is 599. The first-order chi connectivity index (χ1) is 11.1. The molecule has 0 amide bonds. The first-order valence-corrected chi connectivity index (χ1v) is 8.59. The second-order valence-corrected chi connectivity index (χ2v) is 6.79. The summed E-state index contributed by atoms with van der Waals surface area (Å²) in [5.41, 5.74) is 1.87. The minimum atomic E-state index is -0.457. The molecule has 0 spiro atoms. The lowest BCUT2D eigenvalue weighted by molar-refractivity contribution is -0.155. The summed E-state index contributed by atoms with van der Waals surface area (Å²) < 4.78 is 0. The van der Waals surface area contributed by atoms with Crippen molar-refractivity contribution in [2.45, 2.75) is 64.7 Å². The summed E-state index contributed by atoms with van der Waals surface area (Å²) in [4.78, 5) is 16.3. The summed E-state index contributed by atoms with van der Waals surface area (Å²) in [6, 6.07) is 8.41. The Morgan fingerprint density at radius 2 is 2.26 bits per heavy atom. The van der Waals surface area contributed by atoms with E-state index in [9.17, 15) is 4.79 Å². The molecule has 2 atom stereocenters. The molecular formula is C20H27NO2. The highest BCUT2D eigenvalue weighted by Gasteiger charge is 2.42. The molecule has 3 heteroatoms. The van der Waals surface area contributed by atoms with E-state index in [1.54, 1.807) is 0 Å². The average Bonchev–Trinajstić information content (AvgIpc) is 2.98. The monoisotopic (exact) mass is 313 g/mol. The van der Waals surface area contributed by atoms with Crippen LogP contribution in [0.5, 0.6) is 0 Å². The highest BCUT2D eigenvalue weighted by molar-refractivity contribution is 5.76. The summed E-state index contributed by atoms with van der Waals surface area (Å²) in [5, 5.41) is 0. The minimum absolute atomic E-state index is 0.299. The van der Waals surface area contributed by atoms with Crippen LogP contribution in [0.3, 0.4) is 0 Å². The molecule has 3 nitrogen and oxygen atoms in total. The largest absolute Gasteiger partial charge is 0.373 e. The molecule has 1 aromatic rings. The summed E-state index contributed by atoms with van der Waals surface area (Å²) in [6.07, 6.45) is 7.19. The van der Waals surface area contributed by atoms with Gasteiger partial charge < -0.3 is 4.84 Å². The number of hydrogen-bond acceptors (Lipinski definition) is 3. The zero-order valence-corrected chi connectivity index (χ0v) is 14.2. The Balaban J connectivity index is 2.02. The molecule has 0 heterocycles. The second kappa shape index (κ2) is 8.17. The molecule has 1 aliphatic rings. The van der Waals surface area contributed by atoms with Crippen LogP contribution in [-0.2, 0) is 9.63 Å². The molecular weight excluding hydrogens is 286 g/mol. The Morgan fingerprint density at radius 1 is 1.43 bits per heavy atom. The third kappa shape index (κ3) is 4.59. The van der Waals surface area contributed by atoms with Crippen LogP contribution < -0.4 is 5.90 Å².